The summed E-state index contributed by atoms with van der Waals surface area (Å²) in [5.74, 6) is 0.187. The van der Waals surface area contributed by atoms with Gasteiger partial charge < -0.3 is 29.6 Å². The van der Waals surface area contributed by atoms with Gasteiger partial charge in [0.1, 0.15) is 0 Å². The Morgan fingerprint density at radius 1 is 0.738 bits per heavy atom. The maximum absolute atomic E-state index is 13.3. The largest absolute Gasteiger partial charge is 0.327 e. The fourth-order valence-corrected chi connectivity index (χ4v) is 6.25. The van der Waals surface area contributed by atoms with Crippen LogP contribution in [0, 0.1) is 6.92 Å². The number of aromatic nitrogens is 4. The zero-order valence-electron chi connectivity index (χ0n) is 24.6. The van der Waals surface area contributed by atoms with E-state index < -0.39 is 0 Å². The monoisotopic (exact) mass is 586 g/mol. The van der Waals surface area contributed by atoms with Crippen molar-refractivity contribution < 1.29 is 9.59 Å². The number of hydrogen-bond acceptors (Lipinski definition) is 6. The first-order valence-electron chi connectivity index (χ1n) is 14.1. The molecular formula is C31H35ClN8O2. The summed E-state index contributed by atoms with van der Waals surface area (Å²) in [4.78, 5) is 40.3. The summed E-state index contributed by atoms with van der Waals surface area (Å²) in [5.41, 5.74) is 7.70. The minimum absolute atomic E-state index is 0.258. The van der Waals surface area contributed by atoms with Gasteiger partial charge in [0.25, 0.3) is 11.8 Å². The van der Waals surface area contributed by atoms with Crippen LogP contribution in [0.25, 0.3) is 11.1 Å². The highest BCUT2D eigenvalue weighted by atomic mass is 35.5. The van der Waals surface area contributed by atoms with Crippen molar-refractivity contribution in [1.29, 1.82) is 0 Å². The third-order valence-electron chi connectivity index (χ3n) is 8.42. The lowest BCUT2D eigenvalue weighted by Crippen LogP contribution is -2.27. The number of fused-ring (bicyclic) bond motifs is 2. The summed E-state index contributed by atoms with van der Waals surface area (Å²) >= 11 is 6.90. The minimum atomic E-state index is -0.310. The molecule has 2 amide bonds. The zero-order valence-corrected chi connectivity index (χ0v) is 25.3. The van der Waals surface area contributed by atoms with Gasteiger partial charge in [-0.3, -0.25) is 9.59 Å². The normalized spacial score (nSPS) is 15.3. The van der Waals surface area contributed by atoms with Gasteiger partial charge in [0, 0.05) is 75.8 Å². The molecule has 218 valence electrons. The van der Waals surface area contributed by atoms with Gasteiger partial charge in [-0.1, -0.05) is 35.9 Å². The van der Waals surface area contributed by atoms with Crippen molar-refractivity contribution in [3.63, 3.8) is 0 Å². The average molecular weight is 587 g/mol. The van der Waals surface area contributed by atoms with Crippen molar-refractivity contribution in [2.45, 2.75) is 32.9 Å². The van der Waals surface area contributed by atoms with Crippen molar-refractivity contribution in [1.82, 2.24) is 28.9 Å². The molecule has 2 aliphatic heterocycles. The summed E-state index contributed by atoms with van der Waals surface area (Å²) < 4.78 is 3.78. The first kappa shape index (κ1) is 28.1. The summed E-state index contributed by atoms with van der Waals surface area (Å²) in [6.07, 6.45) is 1.72. The number of rotatable bonds is 5. The van der Waals surface area contributed by atoms with Crippen molar-refractivity contribution in [2.24, 2.45) is 14.1 Å². The first-order chi connectivity index (χ1) is 20.1. The van der Waals surface area contributed by atoms with Crippen molar-refractivity contribution in [2.75, 3.05) is 37.8 Å². The Bertz CT molecular complexity index is 1600. The topological polar surface area (TPSA) is 100 Å². The number of carbonyl (C=O) groups excluding carboxylic acids is 2. The van der Waals surface area contributed by atoms with Gasteiger partial charge in [0.05, 0.1) is 22.1 Å². The number of imidazole rings is 2. The SMILES string of the molecule is Cc1c(NC(=O)c2nc3c(n2C)CCN(C)C3)cccc1-c1cccc(NC(=O)c2nc3c(n2C)CCN(C)C3)c1Cl. The van der Waals surface area contributed by atoms with E-state index in [1.165, 1.54) is 0 Å². The van der Waals surface area contributed by atoms with Crippen molar-refractivity contribution >= 4 is 34.8 Å². The van der Waals surface area contributed by atoms with Gasteiger partial charge in [-0.15, -0.1) is 0 Å². The van der Waals surface area contributed by atoms with Gasteiger partial charge in [-0.2, -0.15) is 0 Å². The molecule has 0 fully saturated rings. The van der Waals surface area contributed by atoms with E-state index in [0.717, 1.165) is 78.5 Å². The van der Waals surface area contributed by atoms with Gasteiger partial charge in [-0.25, -0.2) is 9.97 Å². The fraction of sp³-hybridized carbons (Fsp3) is 0.355. The number of carbonyl (C=O) groups is 2. The quantitative estimate of drug-likeness (QED) is 0.362. The molecule has 0 saturated heterocycles. The second kappa shape index (κ2) is 11.0. The molecule has 6 rings (SSSR count). The Kier molecular flexibility index (Phi) is 7.38. The number of hydrogen-bond donors (Lipinski definition) is 2. The summed E-state index contributed by atoms with van der Waals surface area (Å²) in [6.45, 7) is 5.27. The predicted octanol–water partition coefficient (Wildman–Crippen LogP) is 4.26. The van der Waals surface area contributed by atoms with E-state index >= 15 is 0 Å². The predicted molar refractivity (Wildman–Crippen MR) is 164 cm³/mol. The molecule has 0 bridgehead atoms. The van der Waals surface area contributed by atoms with E-state index in [4.69, 9.17) is 11.6 Å². The average Bonchev–Trinajstić information content (AvgIpc) is 3.46. The number of likely N-dealkylation sites (N-methyl/N-ethyl adjacent to an activating group) is 2. The number of amides is 2. The molecule has 0 atom stereocenters. The standard InChI is InChI=1S/C31H35ClN8O2/c1-18-19(8-6-10-21(18)35-30(41)28-33-23-16-37(2)14-12-25(23)39(28)4)20-9-7-11-22(27(20)32)36-31(42)29-34-24-17-38(3)15-13-26(24)40(29)5/h6-11H,12-17H2,1-5H3,(H,35,41)(H,36,42). The molecule has 0 aliphatic carbocycles. The first-order valence-corrected chi connectivity index (χ1v) is 14.5. The summed E-state index contributed by atoms with van der Waals surface area (Å²) in [5, 5.41) is 6.44. The number of nitrogens with zero attached hydrogens (tertiary/aromatic N) is 6. The number of anilines is 2. The fourth-order valence-electron chi connectivity index (χ4n) is 5.98. The Hall–Kier alpha value is -3.99. The molecule has 4 heterocycles. The molecule has 0 spiro atoms. The third-order valence-corrected chi connectivity index (χ3v) is 8.83. The van der Waals surface area contributed by atoms with Crippen molar-refractivity contribution in [3.05, 3.63) is 81.4 Å². The van der Waals surface area contributed by atoms with E-state index in [-0.39, 0.29) is 11.8 Å². The molecule has 42 heavy (non-hydrogen) atoms. The van der Waals surface area contributed by atoms with Crippen LogP contribution in [0.15, 0.2) is 36.4 Å². The highest BCUT2D eigenvalue weighted by Gasteiger charge is 2.26. The van der Waals surface area contributed by atoms with Crippen LogP contribution in [0.4, 0.5) is 11.4 Å². The highest BCUT2D eigenvalue weighted by Crippen LogP contribution is 2.37. The van der Waals surface area contributed by atoms with Crippen LogP contribution in [-0.4, -0.2) is 67.9 Å². The van der Waals surface area contributed by atoms with Crippen LogP contribution in [-0.2, 0) is 40.0 Å². The maximum atomic E-state index is 13.3. The molecule has 2 aromatic carbocycles. The van der Waals surface area contributed by atoms with Crippen LogP contribution < -0.4 is 10.6 Å². The minimum Gasteiger partial charge on any atom is -0.327 e. The summed E-state index contributed by atoms with van der Waals surface area (Å²) in [6, 6.07) is 11.2. The van der Waals surface area contributed by atoms with Crippen molar-refractivity contribution in [3.8, 4) is 11.1 Å². The number of benzene rings is 2. The molecule has 10 nitrogen and oxygen atoms in total. The van der Waals surface area contributed by atoms with Crippen LogP contribution in [0.1, 0.15) is 49.6 Å². The molecule has 2 aromatic heterocycles. The highest BCUT2D eigenvalue weighted by molar-refractivity contribution is 6.36. The van der Waals surface area contributed by atoms with E-state index in [9.17, 15) is 9.59 Å². The smallest absolute Gasteiger partial charge is 0.291 e. The Morgan fingerprint density at radius 3 is 1.76 bits per heavy atom. The number of halogens is 1. The molecule has 0 saturated carbocycles. The van der Waals surface area contributed by atoms with Gasteiger partial charge >= 0.3 is 0 Å². The maximum Gasteiger partial charge on any atom is 0.291 e. The Labute approximate surface area is 250 Å². The van der Waals surface area contributed by atoms with Crippen LogP contribution in [0.2, 0.25) is 5.02 Å². The second-order valence-corrected chi connectivity index (χ2v) is 11.7. The van der Waals surface area contributed by atoms with Crippen LogP contribution >= 0.6 is 11.6 Å². The van der Waals surface area contributed by atoms with Crippen LogP contribution in [0.3, 0.4) is 0 Å². The molecular weight excluding hydrogens is 552 g/mol. The lowest BCUT2D eigenvalue weighted by Gasteiger charge is -2.21. The van der Waals surface area contributed by atoms with Gasteiger partial charge in [0.15, 0.2) is 11.6 Å². The third kappa shape index (κ3) is 4.99. The van der Waals surface area contributed by atoms with Gasteiger partial charge in [0.2, 0.25) is 0 Å². The van der Waals surface area contributed by atoms with E-state index in [2.05, 4.69) is 44.5 Å². The molecule has 11 heteroatoms. The summed E-state index contributed by atoms with van der Waals surface area (Å²) in [7, 11) is 7.89. The lowest BCUT2D eigenvalue weighted by atomic mass is 9.98. The molecule has 2 aliphatic rings. The van der Waals surface area contributed by atoms with Gasteiger partial charge in [-0.05, 0) is 44.3 Å². The number of nitrogens with one attached hydrogen (secondary N) is 2. The Morgan fingerprint density at radius 2 is 1.21 bits per heavy atom. The van der Waals surface area contributed by atoms with E-state index in [0.29, 0.717) is 28.0 Å². The lowest BCUT2D eigenvalue weighted by molar-refractivity contribution is 0.100. The molecule has 0 radical (unpaired) electrons. The molecule has 0 unspecified atom stereocenters. The molecule has 4 aromatic rings. The van der Waals surface area contributed by atoms with Crippen LogP contribution in [0.5, 0.6) is 0 Å². The zero-order chi connectivity index (χ0) is 29.7. The molecule has 2 N–H and O–H groups in total. The van der Waals surface area contributed by atoms with E-state index in [1.807, 2.05) is 60.5 Å². The Balaban J connectivity index is 1.25. The van der Waals surface area contributed by atoms with E-state index in [1.54, 1.807) is 6.07 Å². The second-order valence-electron chi connectivity index (χ2n) is 11.3.